The second-order valence-corrected chi connectivity index (χ2v) is 11.4. The van der Waals surface area contributed by atoms with E-state index in [0.717, 1.165) is 48.6 Å². The second-order valence-electron chi connectivity index (χ2n) is 11.4. The van der Waals surface area contributed by atoms with E-state index in [4.69, 9.17) is 0 Å². The summed E-state index contributed by atoms with van der Waals surface area (Å²) in [6.07, 6.45) is 3.52. The molecule has 3 aromatic rings. The highest BCUT2D eigenvalue weighted by Crippen LogP contribution is 2.45. The summed E-state index contributed by atoms with van der Waals surface area (Å²) in [5.74, 6) is -0.473. The number of benzene rings is 1. The number of carbonyl (C=O) groups excluding carboxylic acids is 2. The summed E-state index contributed by atoms with van der Waals surface area (Å²) in [7, 11) is 0. The van der Waals surface area contributed by atoms with Gasteiger partial charge < -0.3 is 19.4 Å². The first-order valence-corrected chi connectivity index (χ1v) is 13.8. The molecule has 11 heteroatoms. The van der Waals surface area contributed by atoms with Gasteiger partial charge in [-0.25, -0.2) is 0 Å². The normalized spacial score (nSPS) is 20.0. The molecule has 8 nitrogen and oxygen atoms in total. The Morgan fingerprint density at radius 2 is 1.64 bits per heavy atom. The van der Waals surface area contributed by atoms with Crippen molar-refractivity contribution in [2.75, 3.05) is 19.6 Å². The molecule has 2 fully saturated rings. The van der Waals surface area contributed by atoms with E-state index >= 15 is 0 Å². The Morgan fingerprint density at radius 3 is 2.36 bits per heavy atom. The molecule has 208 valence electrons. The zero-order valence-corrected chi connectivity index (χ0v) is 21.8. The smallest absolute Gasteiger partial charge is 0.361 e. The lowest BCUT2D eigenvalue weighted by Gasteiger charge is -2.37. The molecule has 0 unspecified atom stereocenters. The Labute approximate surface area is 224 Å². The van der Waals surface area contributed by atoms with Gasteiger partial charge in [-0.2, -0.15) is 13.2 Å². The number of piperidine rings is 1. The maximum absolute atomic E-state index is 13.4. The van der Waals surface area contributed by atoms with Crippen LogP contribution in [0.1, 0.15) is 74.5 Å². The maximum Gasteiger partial charge on any atom is 0.451 e. The van der Waals surface area contributed by atoms with E-state index in [1.165, 1.54) is 10.9 Å². The number of fused-ring (bicyclic) bond motifs is 2. The van der Waals surface area contributed by atoms with Gasteiger partial charge in [0.1, 0.15) is 0 Å². The predicted molar refractivity (Wildman–Crippen MR) is 137 cm³/mol. The van der Waals surface area contributed by atoms with Gasteiger partial charge in [0, 0.05) is 56.1 Å². The highest BCUT2D eigenvalue weighted by molar-refractivity contribution is 5.84. The molecular formula is C28H33F3N6O2. The fourth-order valence-corrected chi connectivity index (χ4v) is 6.86. The Hall–Kier alpha value is -3.37. The molecule has 0 atom stereocenters. The highest BCUT2D eigenvalue weighted by Gasteiger charge is 2.43. The Morgan fingerprint density at radius 1 is 0.949 bits per heavy atom. The number of hydrogen-bond donors (Lipinski definition) is 1. The number of aromatic amines is 1. The van der Waals surface area contributed by atoms with Crippen molar-refractivity contribution in [3.05, 3.63) is 47.7 Å². The number of H-pyrrole nitrogens is 1. The van der Waals surface area contributed by atoms with Crippen LogP contribution in [0.15, 0.2) is 30.5 Å². The Balaban J connectivity index is 1.07. The van der Waals surface area contributed by atoms with Gasteiger partial charge in [-0.15, -0.1) is 10.2 Å². The van der Waals surface area contributed by atoms with Crippen LogP contribution in [0.25, 0.3) is 10.9 Å². The molecular weight excluding hydrogens is 509 g/mol. The molecule has 2 amide bonds. The molecule has 0 spiro atoms. The van der Waals surface area contributed by atoms with E-state index in [1.807, 2.05) is 11.0 Å². The number of para-hydroxylation sites is 1. The van der Waals surface area contributed by atoms with Crippen molar-refractivity contribution >= 4 is 22.7 Å². The number of aromatic nitrogens is 4. The molecule has 6 rings (SSSR count). The number of likely N-dealkylation sites (tertiary alicyclic amines) is 1. The zero-order chi connectivity index (χ0) is 27.2. The average molecular weight is 543 g/mol. The van der Waals surface area contributed by atoms with Gasteiger partial charge in [0.25, 0.3) is 0 Å². The summed E-state index contributed by atoms with van der Waals surface area (Å²) < 4.78 is 40.6. The summed E-state index contributed by atoms with van der Waals surface area (Å²) in [4.78, 5) is 33.7. The molecule has 2 aliphatic heterocycles. The number of amides is 2. The van der Waals surface area contributed by atoms with Crippen molar-refractivity contribution in [1.82, 2.24) is 29.5 Å². The molecule has 1 saturated carbocycles. The minimum Gasteiger partial charge on any atom is -0.361 e. The summed E-state index contributed by atoms with van der Waals surface area (Å²) >= 11 is 0. The summed E-state index contributed by atoms with van der Waals surface area (Å²) in [6, 6.07) is 8.29. The first-order chi connectivity index (χ1) is 18.7. The van der Waals surface area contributed by atoms with Gasteiger partial charge in [0.15, 0.2) is 5.82 Å². The molecule has 3 aliphatic rings. The fourth-order valence-electron chi connectivity index (χ4n) is 6.86. The molecule has 1 aliphatic carbocycles. The minimum absolute atomic E-state index is 0.00723. The molecule has 0 radical (unpaired) electrons. The zero-order valence-electron chi connectivity index (χ0n) is 21.8. The molecule has 0 bridgehead atoms. The number of nitrogens with one attached hydrogen (secondary N) is 1. The average Bonchev–Trinajstić information content (AvgIpc) is 3.66. The van der Waals surface area contributed by atoms with Crippen molar-refractivity contribution in [1.29, 1.82) is 0 Å². The fraction of sp³-hybridized carbons (Fsp3) is 0.571. The van der Waals surface area contributed by atoms with Crippen LogP contribution in [0.3, 0.4) is 0 Å². The molecule has 4 heterocycles. The number of hydrogen-bond acceptors (Lipinski definition) is 4. The first-order valence-electron chi connectivity index (χ1n) is 13.8. The van der Waals surface area contributed by atoms with Gasteiger partial charge in [0.2, 0.25) is 17.6 Å². The summed E-state index contributed by atoms with van der Waals surface area (Å²) in [6.45, 7) is 1.61. The van der Waals surface area contributed by atoms with Crippen LogP contribution in [0.2, 0.25) is 0 Å². The van der Waals surface area contributed by atoms with E-state index in [9.17, 15) is 22.8 Å². The maximum atomic E-state index is 13.4. The van der Waals surface area contributed by atoms with E-state index < -0.39 is 12.0 Å². The lowest BCUT2D eigenvalue weighted by molar-refractivity contribution is -0.148. The third kappa shape index (κ3) is 5.03. The van der Waals surface area contributed by atoms with E-state index in [2.05, 4.69) is 39.6 Å². The van der Waals surface area contributed by atoms with E-state index in [0.29, 0.717) is 25.4 Å². The minimum atomic E-state index is -4.57. The third-order valence-electron chi connectivity index (χ3n) is 8.98. The van der Waals surface area contributed by atoms with E-state index in [-0.39, 0.29) is 49.1 Å². The van der Waals surface area contributed by atoms with Crippen molar-refractivity contribution in [3.63, 3.8) is 0 Å². The van der Waals surface area contributed by atoms with Crippen LogP contribution in [-0.2, 0) is 28.9 Å². The van der Waals surface area contributed by atoms with Crippen LogP contribution in [0, 0.1) is 5.41 Å². The number of carbonyl (C=O) groups is 2. The van der Waals surface area contributed by atoms with Crippen molar-refractivity contribution in [2.24, 2.45) is 5.41 Å². The molecule has 1 N–H and O–H groups in total. The van der Waals surface area contributed by atoms with Crippen LogP contribution in [0.4, 0.5) is 13.2 Å². The number of rotatable bonds is 5. The standard InChI is InChI=1S/C28H33F3N6O2/c29-28(30,31)26-34-33-23-18-36(13-14-37(23)26)25(39)16-27(9-3-4-10-27)15-24(38)35-11-7-19(8-12-35)21-17-32-22-6-2-1-5-20(21)22/h1-2,5-6,17,19,32H,3-4,7-16,18H2. The Bertz CT molecular complexity index is 1370. The lowest BCUT2D eigenvalue weighted by atomic mass is 9.78. The monoisotopic (exact) mass is 542 g/mol. The van der Waals surface area contributed by atoms with Gasteiger partial charge in [-0.1, -0.05) is 31.0 Å². The Kier molecular flexibility index (Phi) is 6.63. The van der Waals surface area contributed by atoms with Gasteiger partial charge in [-0.05, 0) is 48.6 Å². The van der Waals surface area contributed by atoms with Crippen molar-refractivity contribution in [3.8, 4) is 0 Å². The van der Waals surface area contributed by atoms with Gasteiger partial charge in [0.05, 0.1) is 6.54 Å². The highest BCUT2D eigenvalue weighted by atomic mass is 19.4. The van der Waals surface area contributed by atoms with E-state index in [1.54, 1.807) is 4.90 Å². The van der Waals surface area contributed by atoms with Crippen molar-refractivity contribution < 1.29 is 22.8 Å². The lowest BCUT2D eigenvalue weighted by Crippen LogP contribution is -2.43. The quantitative estimate of drug-likeness (QED) is 0.499. The number of alkyl halides is 3. The molecule has 2 aromatic heterocycles. The van der Waals surface area contributed by atoms with Gasteiger partial charge >= 0.3 is 6.18 Å². The predicted octanol–water partition coefficient (Wildman–Crippen LogP) is 4.87. The molecule has 1 saturated heterocycles. The van der Waals surface area contributed by atoms with Crippen LogP contribution in [-0.4, -0.2) is 61.0 Å². The summed E-state index contributed by atoms with van der Waals surface area (Å²) in [5.41, 5.74) is 2.06. The third-order valence-corrected chi connectivity index (χ3v) is 8.98. The summed E-state index contributed by atoms with van der Waals surface area (Å²) in [5, 5.41) is 8.24. The van der Waals surface area contributed by atoms with Crippen LogP contribution in [0.5, 0.6) is 0 Å². The number of halogens is 3. The first kappa shape index (κ1) is 25.9. The van der Waals surface area contributed by atoms with Crippen LogP contribution >= 0.6 is 0 Å². The van der Waals surface area contributed by atoms with Crippen molar-refractivity contribution in [2.45, 2.75) is 76.6 Å². The largest absolute Gasteiger partial charge is 0.451 e. The van der Waals surface area contributed by atoms with Gasteiger partial charge in [-0.3, -0.25) is 9.59 Å². The second kappa shape index (κ2) is 9.98. The number of nitrogens with zero attached hydrogens (tertiary/aromatic N) is 5. The molecule has 39 heavy (non-hydrogen) atoms. The van der Waals surface area contributed by atoms with Crippen LogP contribution < -0.4 is 0 Å². The molecule has 1 aromatic carbocycles. The SMILES string of the molecule is O=C(CC1(CC(=O)N2CCn3c(nnc3C(F)(F)F)C2)CCCC1)N1CCC(c2c[nH]c3ccccc23)CC1. The topological polar surface area (TPSA) is 87.1 Å².